The lowest BCUT2D eigenvalue weighted by Gasteiger charge is -2.21. The smallest absolute Gasteiger partial charge is 0.191 e. The molecule has 1 saturated heterocycles. The minimum Gasteiger partial charge on any atom is -0.355 e. The van der Waals surface area contributed by atoms with E-state index in [9.17, 15) is 0 Å². The number of guanidine groups is 1. The highest BCUT2D eigenvalue weighted by atomic mass is 127. The summed E-state index contributed by atoms with van der Waals surface area (Å²) >= 11 is 0. The molecule has 5 heteroatoms. The molecule has 0 spiro atoms. The third kappa shape index (κ3) is 5.28. The van der Waals surface area contributed by atoms with Gasteiger partial charge in [-0.05, 0) is 32.0 Å². The van der Waals surface area contributed by atoms with Gasteiger partial charge in [0.05, 0.1) is 0 Å². The molecule has 0 aromatic heterocycles. The maximum absolute atomic E-state index is 4.27. The summed E-state index contributed by atoms with van der Waals surface area (Å²) in [5, 5.41) is 6.75. The highest BCUT2D eigenvalue weighted by molar-refractivity contribution is 14.0. The number of rotatable bonds is 4. The van der Waals surface area contributed by atoms with E-state index < -0.39 is 0 Å². The standard InChI is InChI=1S/C15H24N4.HI/c1-16-15(17-11-13-7-4-3-5-8-13)18-12-14-9-6-10-19(14)2;/h3-5,7-8,14H,6,9-12H2,1-2H3,(H2,16,17,18);1H. The van der Waals surface area contributed by atoms with Crippen LogP contribution in [0.4, 0.5) is 0 Å². The van der Waals surface area contributed by atoms with Gasteiger partial charge in [-0.2, -0.15) is 0 Å². The van der Waals surface area contributed by atoms with E-state index in [-0.39, 0.29) is 24.0 Å². The first-order valence-corrected chi connectivity index (χ1v) is 6.98. The first-order valence-electron chi connectivity index (χ1n) is 6.98. The van der Waals surface area contributed by atoms with Crippen molar-refractivity contribution in [3.63, 3.8) is 0 Å². The van der Waals surface area contributed by atoms with Crippen LogP contribution in [0.2, 0.25) is 0 Å². The van der Waals surface area contributed by atoms with E-state index in [0.717, 1.165) is 19.0 Å². The van der Waals surface area contributed by atoms with Crippen molar-refractivity contribution in [2.45, 2.75) is 25.4 Å². The van der Waals surface area contributed by atoms with Gasteiger partial charge >= 0.3 is 0 Å². The average Bonchev–Trinajstić information content (AvgIpc) is 2.86. The van der Waals surface area contributed by atoms with E-state index in [2.05, 4.69) is 51.8 Å². The maximum Gasteiger partial charge on any atom is 0.191 e. The Labute approximate surface area is 139 Å². The van der Waals surface area contributed by atoms with Crippen molar-refractivity contribution in [1.82, 2.24) is 15.5 Å². The number of halogens is 1. The molecule has 1 aliphatic heterocycles. The highest BCUT2D eigenvalue weighted by Gasteiger charge is 2.20. The Morgan fingerprint density at radius 1 is 1.30 bits per heavy atom. The molecule has 1 fully saturated rings. The van der Waals surface area contributed by atoms with Crippen molar-refractivity contribution in [2.75, 3.05) is 27.2 Å². The number of benzene rings is 1. The fourth-order valence-electron chi connectivity index (χ4n) is 2.45. The molecule has 1 heterocycles. The van der Waals surface area contributed by atoms with Gasteiger partial charge in [-0.3, -0.25) is 4.99 Å². The molecule has 1 aromatic rings. The third-order valence-corrected chi connectivity index (χ3v) is 3.70. The van der Waals surface area contributed by atoms with Crippen LogP contribution in [-0.4, -0.2) is 44.1 Å². The van der Waals surface area contributed by atoms with Crippen molar-refractivity contribution in [3.8, 4) is 0 Å². The van der Waals surface area contributed by atoms with Crippen molar-refractivity contribution < 1.29 is 0 Å². The second-order valence-electron chi connectivity index (χ2n) is 5.07. The number of hydrogen-bond donors (Lipinski definition) is 2. The summed E-state index contributed by atoms with van der Waals surface area (Å²) in [5.74, 6) is 0.879. The van der Waals surface area contributed by atoms with E-state index in [4.69, 9.17) is 0 Å². The van der Waals surface area contributed by atoms with E-state index in [1.165, 1.54) is 24.9 Å². The molecule has 20 heavy (non-hydrogen) atoms. The third-order valence-electron chi connectivity index (χ3n) is 3.70. The second-order valence-corrected chi connectivity index (χ2v) is 5.07. The van der Waals surface area contributed by atoms with Gasteiger partial charge in [-0.25, -0.2) is 0 Å². The summed E-state index contributed by atoms with van der Waals surface area (Å²) in [6, 6.07) is 11.0. The van der Waals surface area contributed by atoms with Gasteiger partial charge in [-0.15, -0.1) is 24.0 Å². The molecule has 2 N–H and O–H groups in total. The van der Waals surface area contributed by atoms with Crippen LogP contribution in [0.15, 0.2) is 35.3 Å². The fraction of sp³-hybridized carbons (Fsp3) is 0.533. The molecule has 4 nitrogen and oxygen atoms in total. The molecular weight excluding hydrogens is 363 g/mol. The summed E-state index contributed by atoms with van der Waals surface area (Å²) in [6.45, 7) is 2.98. The number of likely N-dealkylation sites (N-methyl/N-ethyl adjacent to an activating group) is 1. The van der Waals surface area contributed by atoms with Gasteiger partial charge in [-0.1, -0.05) is 30.3 Å². The number of nitrogens with one attached hydrogen (secondary N) is 2. The number of aliphatic imine (C=N–C) groups is 1. The normalized spacial score (nSPS) is 19.5. The van der Waals surface area contributed by atoms with Gasteiger partial charge in [0.1, 0.15) is 0 Å². The summed E-state index contributed by atoms with van der Waals surface area (Å²) in [6.07, 6.45) is 2.58. The predicted octanol–water partition coefficient (Wildman–Crippen LogP) is 2.06. The van der Waals surface area contributed by atoms with Crippen molar-refractivity contribution in [2.24, 2.45) is 4.99 Å². The van der Waals surface area contributed by atoms with Crippen LogP contribution in [0, 0.1) is 0 Å². The van der Waals surface area contributed by atoms with Gasteiger partial charge in [0.15, 0.2) is 5.96 Å². The van der Waals surface area contributed by atoms with Crippen molar-refractivity contribution in [1.29, 1.82) is 0 Å². The van der Waals surface area contributed by atoms with Gasteiger partial charge in [0.2, 0.25) is 0 Å². The van der Waals surface area contributed by atoms with Gasteiger partial charge < -0.3 is 15.5 Å². The Morgan fingerprint density at radius 3 is 2.65 bits per heavy atom. The Kier molecular flexibility index (Phi) is 7.91. The van der Waals surface area contributed by atoms with Crippen LogP contribution in [0.25, 0.3) is 0 Å². The zero-order chi connectivity index (χ0) is 13.5. The first-order chi connectivity index (χ1) is 9.29. The zero-order valence-electron chi connectivity index (χ0n) is 12.3. The van der Waals surface area contributed by atoms with Crippen LogP contribution in [-0.2, 0) is 6.54 Å². The molecule has 1 atom stereocenters. The Hall–Kier alpha value is -0.820. The predicted molar refractivity (Wildman–Crippen MR) is 95.7 cm³/mol. The number of hydrogen-bond acceptors (Lipinski definition) is 2. The largest absolute Gasteiger partial charge is 0.355 e. The summed E-state index contributed by atoms with van der Waals surface area (Å²) in [5.41, 5.74) is 1.27. The van der Waals surface area contributed by atoms with Crippen LogP contribution in [0.3, 0.4) is 0 Å². The molecule has 112 valence electrons. The number of likely N-dealkylation sites (tertiary alicyclic amines) is 1. The van der Waals surface area contributed by atoms with E-state index >= 15 is 0 Å². The lowest BCUT2D eigenvalue weighted by Crippen LogP contribution is -2.43. The average molecular weight is 388 g/mol. The zero-order valence-corrected chi connectivity index (χ0v) is 14.6. The molecule has 0 amide bonds. The maximum atomic E-state index is 4.27. The van der Waals surface area contributed by atoms with Crippen LogP contribution in [0.5, 0.6) is 0 Å². The fourth-order valence-corrected chi connectivity index (χ4v) is 2.45. The first kappa shape index (κ1) is 17.2. The highest BCUT2D eigenvalue weighted by Crippen LogP contribution is 2.13. The lowest BCUT2D eigenvalue weighted by atomic mass is 10.2. The quantitative estimate of drug-likeness (QED) is 0.471. The molecule has 1 aromatic carbocycles. The molecule has 1 unspecified atom stereocenters. The van der Waals surface area contributed by atoms with Crippen molar-refractivity contribution >= 4 is 29.9 Å². The number of nitrogens with zero attached hydrogens (tertiary/aromatic N) is 2. The van der Waals surface area contributed by atoms with Crippen LogP contribution < -0.4 is 10.6 Å². The van der Waals surface area contributed by atoms with E-state index in [1.807, 2.05) is 13.1 Å². The molecule has 0 aliphatic carbocycles. The monoisotopic (exact) mass is 388 g/mol. The Morgan fingerprint density at radius 2 is 2.05 bits per heavy atom. The molecule has 1 aliphatic rings. The Bertz CT molecular complexity index is 408. The SMILES string of the molecule is CN=C(NCc1ccccc1)NCC1CCCN1C.I. The topological polar surface area (TPSA) is 39.7 Å². The minimum atomic E-state index is 0. The van der Waals surface area contributed by atoms with Gasteiger partial charge in [0.25, 0.3) is 0 Å². The molecular formula is C15H25IN4. The van der Waals surface area contributed by atoms with Crippen LogP contribution >= 0.6 is 24.0 Å². The minimum absolute atomic E-state index is 0. The van der Waals surface area contributed by atoms with E-state index in [1.54, 1.807) is 0 Å². The molecule has 2 rings (SSSR count). The Balaban J connectivity index is 0.00000200. The van der Waals surface area contributed by atoms with Crippen LogP contribution in [0.1, 0.15) is 18.4 Å². The molecule has 0 saturated carbocycles. The van der Waals surface area contributed by atoms with Gasteiger partial charge in [0, 0.05) is 26.2 Å². The summed E-state index contributed by atoms with van der Waals surface area (Å²) < 4.78 is 0. The second kappa shape index (κ2) is 9.18. The van der Waals surface area contributed by atoms with E-state index in [0.29, 0.717) is 6.04 Å². The van der Waals surface area contributed by atoms with Crippen molar-refractivity contribution in [3.05, 3.63) is 35.9 Å². The lowest BCUT2D eigenvalue weighted by molar-refractivity contribution is 0.309. The summed E-state index contributed by atoms with van der Waals surface area (Å²) in [4.78, 5) is 6.68. The molecule has 0 radical (unpaired) electrons. The summed E-state index contributed by atoms with van der Waals surface area (Å²) in [7, 11) is 4.01. The molecule has 0 bridgehead atoms.